The van der Waals surface area contributed by atoms with E-state index in [1.165, 1.54) is 11.3 Å². The van der Waals surface area contributed by atoms with Gasteiger partial charge in [0.2, 0.25) is 0 Å². The van der Waals surface area contributed by atoms with E-state index in [2.05, 4.69) is 51.3 Å². The SMILES string of the molecule is Cc1ccc(C)n2cc(Br)nc12. The van der Waals surface area contributed by atoms with Gasteiger partial charge in [-0.2, -0.15) is 0 Å². The molecule has 0 saturated carbocycles. The summed E-state index contributed by atoms with van der Waals surface area (Å²) in [6.07, 6.45) is 1.98. The quantitative estimate of drug-likeness (QED) is 0.673. The summed E-state index contributed by atoms with van der Waals surface area (Å²) in [6.45, 7) is 4.13. The maximum Gasteiger partial charge on any atom is 0.141 e. The molecule has 3 heteroatoms. The predicted molar refractivity (Wildman–Crippen MR) is 52.4 cm³/mol. The number of imidazole rings is 1. The first-order valence-corrected chi connectivity index (χ1v) is 4.58. The summed E-state index contributed by atoms with van der Waals surface area (Å²) in [6, 6.07) is 4.18. The Bertz CT molecular complexity index is 392. The Morgan fingerprint density at radius 1 is 1.33 bits per heavy atom. The van der Waals surface area contributed by atoms with Gasteiger partial charge in [-0.05, 0) is 41.4 Å². The van der Waals surface area contributed by atoms with Crippen molar-refractivity contribution in [2.75, 3.05) is 0 Å². The first kappa shape index (κ1) is 7.80. The second kappa shape index (κ2) is 2.59. The topological polar surface area (TPSA) is 17.3 Å². The average molecular weight is 225 g/mol. The minimum Gasteiger partial charge on any atom is -0.303 e. The molecule has 0 amide bonds. The van der Waals surface area contributed by atoms with Crippen LogP contribution in [-0.4, -0.2) is 9.38 Å². The highest BCUT2D eigenvalue weighted by molar-refractivity contribution is 9.10. The standard InChI is InChI=1S/C9H9BrN2/c1-6-3-4-7(2)12-5-8(10)11-9(6)12/h3-5H,1-2H3. The van der Waals surface area contributed by atoms with Crippen LogP contribution in [0.5, 0.6) is 0 Å². The molecule has 0 spiro atoms. The number of pyridine rings is 1. The fourth-order valence-corrected chi connectivity index (χ4v) is 1.67. The van der Waals surface area contributed by atoms with Crippen molar-refractivity contribution in [3.05, 3.63) is 34.2 Å². The summed E-state index contributed by atoms with van der Waals surface area (Å²) in [5.41, 5.74) is 3.43. The number of aromatic nitrogens is 2. The second-order valence-corrected chi connectivity index (χ2v) is 3.73. The van der Waals surface area contributed by atoms with E-state index in [9.17, 15) is 0 Å². The largest absolute Gasteiger partial charge is 0.303 e. The van der Waals surface area contributed by atoms with Crippen molar-refractivity contribution in [2.45, 2.75) is 13.8 Å². The number of rotatable bonds is 0. The van der Waals surface area contributed by atoms with E-state index in [1.54, 1.807) is 0 Å². The van der Waals surface area contributed by atoms with Gasteiger partial charge in [0.15, 0.2) is 0 Å². The third-order valence-corrected chi connectivity index (χ3v) is 2.37. The average Bonchev–Trinajstić information content (AvgIpc) is 2.41. The lowest BCUT2D eigenvalue weighted by molar-refractivity contribution is 1.08. The molecule has 0 radical (unpaired) electrons. The zero-order valence-electron chi connectivity index (χ0n) is 7.00. The second-order valence-electron chi connectivity index (χ2n) is 2.91. The van der Waals surface area contributed by atoms with E-state index in [0.717, 1.165) is 10.3 Å². The molecule has 0 unspecified atom stereocenters. The van der Waals surface area contributed by atoms with Crippen molar-refractivity contribution in [3.8, 4) is 0 Å². The molecular formula is C9H9BrN2. The van der Waals surface area contributed by atoms with Crippen molar-refractivity contribution in [2.24, 2.45) is 0 Å². The van der Waals surface area contributed by atoms with Crippen molar-refractivity contribution >= 4 is 21.6 Å². The molecule has 2 aromatic heterocycles. The normalized spacial score (nSPS) is 10.9. The van der Waals surface area contributed by atoms with Crippen LogP contribution in [0, 0.1) is 13.8 Å². The third-order valence-electron chi connectivity index (χ3n) is 1.98. The Hall–Kier alpha value is -0.830. The van der Waals surface area contributed by atoms with Crippen molar-refractivity contribution in [1.82, 2.24) is 9.38 Å². The lowest BCUT2D eigenvalue weighted by Crippen LogP contribution is -1.90. The minimum absolute atomic E-state index is 0.889. The maximum absolute atomic E-state index is 4.35. The molecule has 0 aliphatic carbocycles. The molecule has 0 fully saturated rings. The monoisotopic (exact) mass is 224 g/mol. The van der Waals surface area contributed by atoms with Crippen LogP contribution in [0.25, 0.3) is 5.65 Å². The lowest BCUT2D eigenvalue weighted by Gasteiger charge is -2.00. The molecule has 0 aromatic carbocycles. The lowest BCUT2D eigenvalue weighted by atomic mass is 10.2. The summed E-state index contributed by atoms with van der Waals surface area (Å²) >= 11 is 3.36. The van der Waals surface area contributed by atoms with Crippen LogP contribution >= 0.6 is 15.9 Å². The van der Waals surface area contributed by atoms with E-state index in [-0.39, 0.29) is 0 Å². The van der Waals surface area contributed by atoms with Gasteiger partial charge in [0.25, 0.3) is 0 Å². The molecule has 62 valence electrons. The van der Waals surface area contributed by atoms with Crippen LogP contribution in [0.3, 0.4) is 0 Å². The van der Waals surface area contributed by atoms with Crippen LogP contribution in [0.1, 0.15) is 11.3 Å². The highest BCUT2D eigenvalue weighted by Crippen LogP contribution is 2.15. The molecule has 2 nitrogen and oxygen atoms in total. The van der Waals surface area contributed by atoms with Crippen molar-refractivity contribution in [1.29, 1.82) is 0 Å². The van der Waals surface area contributed by atoms with Crippen LogP contribution in [0.2, 0.25) is 0 Å². The first-order valence-electron chi connectivity index (χ1n) is 3.79. The number of aryl methyl sites for hydroxylation is 2. The molecule has 12 heavy (non-hydrogen) atoms. The van der Waals surface area contributed by atoms with Gasteiger partial charge in [0.05, 0.1) is 0 Å². The fourth-order valence-electron chi connectivity index (χ4n) is 1.30. The van der Waals surface area contributed by atoms with Crippen LogP contribution in [0.15, 0.2) is 22.9 Å². The Kier molecular flexibility index (Phi) is 1.68. The third kappa shape index (κ3) is 1.05. The van der Waals surface area contributed by atoms with Crippen molar-refractivity contribution < 1.29 is 0 Å². The molecule has 2 rings (SSSR count). The summed E-state index contributed by atoms with van der Waals surface area (Å²) < 4.78 is 2.97. The van der Waals surface area contributed by atoms with Gasteiger partial charge >= 0.3 is 0 Å². The van der Waals surface area contributed by atoms with E-state index in [1.807, 2.05) is 6.20 Å². The molecule has 0 N–H and O–H groups in total. The summed E-state index contributed by atoms with van der Waals surface area (Å²) in [7, 11) is 0. The molecule has 2 heterocycles. The van der Waals surface area contributed by atoms with Gasteiger partial charge in [0.1, 0.15) is 10.3 Å². The molecule has 0 atom stereocenters. The number of nitrogens with zero attached hydrogens (tertiary/aromatic N) is 2. The Labute approximate surface area is 79.4 Å². The van der Waals surface area contributed by atoms with Gasteiger partial charge in [0, 0.05) is 11.9 Å². The summed E-state index contributed by atoms with van der Waals surface area (Å²) in [5, 5.41) is 0. The van der Waals surface area contributed by atoms with E-state index < -0.39 is 0 Å². The summed E-state index contributed by atoms with van der Waals surface area (Å²) in [4.78, 5) is 4.35. The van der Waals surface area contributed by atoms with Crippen LogP contribution in [-0.2, 0) is 0 Å². The molecule has 0 aliphatic rings. The van der Waals surface area contributed by atoms with Gasteiger partial charge in [-0.25, -0.2) is 4.98 Å². The Morgan fingerprint density at radius 3 is 2.75 bits per heavy atom. The first-order chi connectivity index (χ1) is 5.68. The predicted octanol–water partition coefficient (Wildman–Crippen LogP) is 2.71. The maximum atomic E-state index is 4.35. The van der Waals surface area contributed by atoms with Crippen LogP contribution in [0.4, 0.5) is 0 Å². The van der Waals surface area contributed by atoms with E-state index in [4.69, 9.17) is 0 Å². The van der Waals surface area contributed by atoms with Gasteiger partial charge in [-0.15, -0.1) is 0 Å². The highest BCUT2D eigenvalue weighted by Gasteiger charge is 2.02. The molecular weight excluding hydrogens is 216 g/mol. The highest BCUT2D eigenvalue weighted by atomic mass is 79.9. The van der Waals surface area contributed by atoms with Crippen LogP contribution < -0.4 is 0 Å². The Morgan fingerprint density at radius 2 is 2.08 bits per heavy atom. The minimum atomic E-state index is 0.889. The zero-order chi connectivity index (χ0) is 8.72. The molecule has 2 aromatic rings. The van der Waals surface area contributed by atoms with E-state index in [0.29, 0.717) is 0 Å². The zero-order valence-corrected chi connectivity index (χ0v) is 8.59. The Balaban J connectivity index is 2.93. The smallest absolute Gasteiger partial charge is 0.141 e. The number of halogens is 1. The van der Waals surface area contributed by atoms with Gasteiger partial charge in [-0.1, -0.05) is 6.07 Å². The van der Waals surface area contributed by atoms with Gasteiger partial charge in [-0.3, -0.25) is 0 Å². The van der Waals surface area contributed by atoms with Gasteiger partial charge < -0.3 is 4.40 Å². The van der Waals surface area contributed by atoms with E-state index >= 15 is 0 Å². The number of hydrogen-bond acceptors (Lipinski definition) is 1. The number of hydrogen-bond donors (Lipinski definition) is 0. The fraction of sp³-hybridized carbons (Fsp3) is 0.222. The number of fused-ring (bicyclic) bond motifs is 1. The molecule has 0 aliphatic heterocycles. The summed E-state index contributed by atoms with van der Waals surface area (Å²) in [5.74, 6) is 0. The molecule has 0 bridgehead atoms. The molecule has 0 saturated heterocycles. The van der Waals surface area contributed by atoms with Crippen molar-refractivity contribution in [3.63, 3.8) is 0 Å².